The molecule has 7 heteroatoms. The predicted octanol–water partition coefficient (Wildman–Crippen LogP) is 4.11. The van der Waals surface area contributed by atoms with Gasteiger partial charge in [0.25, 0.3) is 0 Å². The van der Waals surface area contributed by atoms with Crippen molar-refractivity contribution in [1.82, 2.24) is 20.2 Å². The normalized spacial score (nSPS) is 15.6. The van der Waals surface area contributed by atoms with E-state index in [0.717, 1.165) is 59.8 Å². The second-order valence-corrected chi connectivity index (χ2v) is 9.12. The van der Waals surface area contributed by atoms with Gasteiger partial charge in [-0.15, -0.1) is 0 Å². The number of amides is 1. The molecule has 0 aliphatic carbocycles. The number of carbonyl (C=O) groups excluding carboxylic acids is 1. The summed E-state index contributed by atoms with van der Waals surface area (Å²) in [6.45, 7) is 2.76. The van der Waals surface area contributed by atoms with E-state index in [1.54, 1.807) is 13.3 Å². The van der Waals surface area contributed by atoms with Gasteiger partial charge in [0.1, 0.15) is 0 Å². The number of fused-ring (bicyclic) bond motifs is 5. The maximum absolute atomic E-state index is 12.9. The minimum atomic E-state index is 0.0206. The van der Waals surface area contributed by atoms with Crippen molar-refractivity contribution in [3.05, 3.63) is 89.4 Å². The van der Waals surface area contributed by atoms with Crippen LogP contribution in [-0.2, 0) is 24.2 Å². The van der Waals surface area contributed by atoms with Crippen LogP contribution in [0.5, 0.6) is 11.5 Å². The van der Waals surface area contributed by atoms with Gasteiger partial charge in [0.05, 0.1) is 26.0 Å². The molecule has 5 rings (SSSR count). The Morgan fingerprint density at radius 3 is 2.86 bits per heavy atom. The number of hydrogen-bond acceptors (Lipinski definition) is 5. The van der Waals surface area contributed by atoms with Gasteiger partial charge in [-0.2, -0.15) is 0 Å². The molecule has 36 heavy (non-hydrogen) atoms. The molecule has 0 saturated heterocycles. The van der Waals surface area contributed by atoms with Gasteiger partial charge in [-0.05, 0) is 54.3 Å². The van der Waals surface area contributed by atoms with E-state index < -0.39 is 0 Å². The smallest absolute Gasteiger partial charge is 0.234 e. The van der Waals surface area contributed by atoms with Gasteiger partial charge >= 0.3 is 0 Å². The Morgan fingerprint density at radius 2 is 2.00 bits per heavy atom. The molecule has 0 atom stereocenters. The van der Waals surface area contributed by atoms with Crippen LogP contribution in [0.25, 0.3) is 10.9 Å². The summed E-state index contributed by atoms with van der Waals surface area (Å²) >= 11 is 0. The maximum atomic E-state index is 12.9. The van der Waals surface area contributed by atoms with Crippen LogP contribution in [0.1, 0.15) is 28.9 Å². The molecule has 1 aliphatic heterocycles. The topological polar surface area (TPSA) is 79.5 Å². The average molecular weight is 485 g/mol. The Morgan fingerprint density at radius 1 is 1.11 bits per heavy atom. The van der Waals surface area contributed by atoms with Crippen molar-refractivity contribution in [1.29, 1.82) is 0 Å². The van der Waals surface area contributed by atoms with Gasteiger partial charge in [0, 0.05) is 48.8 Å². The number of aromatic amines is 1. The molecule has 2 N–H and O–H groups in total. The van der Waals surface area contributed by atoms with E-state index in [2.05, 4.69) is 50.5 Å². The molecular weight excluding hydrogens is 452 g/mol. The first-order valence-corrected chi connectivity index (χ1v) is 12.5. The fourth-order valence-corrected chi connectivity index (χ4v) is 4.83. The van der Waals surface area contributed by atoms with E-state index in [1.165, 1.54) is 10.9 Å². The van der Waals surface area contributed by atoms with Crippen LogP contribution in [0.15, 0.2) is 66.9 Å². The Labute approximate surface area is 211 Å². The van der Waals surface area contributed by atoms with Crippen LogP contribution in [-0.4, -0.2) is 54.1 Å². The number of para-hydroxylation sites is 1. The lowest BCUT2D eigenvalue weighted by atomic mass is 10.0. The Balaban J connectivity index is 1.43. The molecule has 0 spiro atoms. The molecule has 0 fully saturated rings. The van der Waals surface area contributed by atoms with Crippen molar-refractivity contribution in [2.24, 2.45) is 0 Å². The lowest BCUT2D eigenvalue weighted by Crippen LogP contribution is -2.38. The molecule has 7 nitrogen and oxygen atoms in total. The summed E-state index contributed by atoms with van der Waals surface area (Å²) in [5.41, 5.74) is 5.59. The first-order chi connectivity index (χ1) is 17.7. The molecule has 0 saturated carbocycles. The van der Waals surface area contributed by atoms with Crippen molar-refractivity contribution in [2.75, 3.05) is 33.4 Å². The molecular formula is C29H32N4O3. The van der Waals surface area contributed by atoms with Crippen molar-refractivity contribution >= 4 is 16.8 Å². The molecule has 0 radical (unpaired) electrons. The molecule has 4 aromatic rings. The van der Waals surface area contributed by atoms with Gasteiger partial charge in [-0.1, -0.05) is 30.3 Å². The molecule has 0 unspecified atom stereocenters. The zero-order valence-electron chi connectivity index (χ0n) is 20.6. The zero-order valence-corrected chi connectivity index (χ0v) is 20.6. The highest BCUT2D eigenvalue weighted by Crippen LogP contribution is 2.31. The van der Waals surface area contributed by atoms with E-state index in [9.17, 15) is 4.79 Å². The summed E-state index contributed by atoms with van der Waals surface area (Å²) in [4.78, 5) is 23.0. The number of pyridine rings is 1. The van der Waals surface area contributed by atoms with Crippen LogP contribution in [0.3, 0.4) is 0 Å². The predicted molar refractivity (Wildman–Crippen MR) is 140 cm³/mol. The molecule has 2 aromatic heterocycles. The van der Waals surface area contributed by atoms with Crippen molar-refractivity contribution in [3.63, 3.8) is 0 Å². The molecule has 186 valence electrons. The van der Waals surface area contributed by atoms with E-state index in [4.69, 9.17) is 9.47 Å². The summed E-state index contributed by atoms with van der Waals surface area (Å²) < 4.78 is 11.7. The average Bonchev–Trinajstić information content (AvgIpc) is 3.23. The number of carbonyl (C=O) groups is 1. The van der Waals surface area contributed by atoms with Crippen molar-refractivity contribution in [2.45, 2.75) is 25.8 Å². The molecule has 3 heterocycles. The summed E-state index contributed by atoms with van der Waals surface area (Å²) in [6, 6.07) is 20.3. The molecule has 1 amide bonds. The highest BCUT2D eigenvalue weighted by molar-refractivity contribution is 5.85. The van der Waals surface area contributed by atoms with E-state index in [0.29, 0.717) is 26.2 Å². The number of ether oxygens (including phenoxy) is 2. The number of nitrogens with one attached hydrogen (secondary N) is 2. The number of hydrogen-bond donors (Lipinski definition) is 2. The summed E-state index contributed by atoms with van der Waals surface area (Å²) in [7, 11) is 1.66. The molecule has 2 aromatic carbocycles. The highest BCUT2D eigenvalue weighted by Gasteiger charge is 2.16. The molecule has 1 aliphatic rings. The number of methoxy groups -OCH3 is 1. The third-order valence-corrected chi connectivity index (χ3v) is 6.56. The standard InChI is InChI=1S/C29H32N4O3/c1-35-27-11-10-21-17-26-24(23-8-2-3-9-25(23)32-26)12-14-31-29(34)20-33(15-6-16-36-28(27)18-21)19-22-7-4-5-13-30-22/h2-5,7-11,13,18,32H,6,12,14-17,19-20H2,1H3,(H,31,34). The second kappa shape index (κ2) is 11.3. The van der Waals surface area contributed by atoms with E-state index in [1.807, 2.05) is 30.3 Å². The minimum Gasteiger partial charge on any atom is -0.493 e. The number of nitrogens with zero attached hydrogens (tertiary/aromatic N) is 2. The Bertz CT molecular complexity index is 1320. The van der Waals surface area contributed by atoms with Crippen LogP contribution >= 0.6 is 0 Å². The van der Waals surface area contributed by atoms with E-state index in [-0.39, 0.29) is 5.91 Å². The zero-order chi connectivity index (χ0) is 24.7. The fourth-order valence-electron chi connectivity index (χ4n) is 4.83. The fraction of sp³-hybridized carbons (Fsp3) is 0.310. The van der Waals surface area contributed by atoms with E-state index >= 15 is 0 Å². The number of benzene rings is 2. The number of rotatable bonds is 3. The van der Waals surface area contributed by atoms with Gasteiger partial charge in [-0.3, -0.25) is 14.7 Å². The summed E-state index contributed by atoms with van der Waals surface area (Å²) in [5.74, 6) is 1.49. The van der Waals surface area contributed by atoms with Gasteiger partial charge in [0.15, 0.2) is 11.5 Å². The number of aromatic nitrogens is 2. The summed E-state index contributed by atoms with van der Waals surface area (Å²) in [5, 5.41) is 4.33. The number of H-pyrrole nitrogens is 1. The lowest BCUT2D eigenvalue weighted by Gasteiger charge is -2.22. The van der Waals surface area contributed by atoms with Crippen LogP contribution in [0.4, 0.5) is 0 Å². The molecule has 2 bridgehead atoms. The SMILES string of the molecule is COc1ccc2cc1OCCCN(Cc1ccccn1)CC(=O)NCCc1c([nH]c3ccccc13)C2. The first kappa shape index (κ1) is 23.9. The minimum absolute atomic E-state index is 0.0206. The third-order valence-electron chi connectivity index (χ3n) is 6.56. The maximum Gasteiger partial charge on any atom is 0.234 e. The van der Waals surface area contributed by atoms with Crippen molar-refractivity contribution in [3.8, 4) is 11.5 Å². The van der Waals surface area contributed by atoms with Crippen LogP contribution < -0.4 is 14.8 Å². The largest absolute Gasteiger partial charge is 0.493 e. The second-order valence-electron chi connectivity index (χ2n) is 9.12. The van der Waals surface area contributed by atoms with Gasteiger partial charge in [-0.25, -0.2) is 0 Å². The quantitative estimate of drug-likeness (QED) is 0.458. The highest BCUT2D eigenvalue weighted by atomic mass is 16.5. The Kier molecular flexibility index (Phi) is 7.47. The lowest BCUT2D eigenvalue weighted by molar-refractivity contribution is -0.122. The monoisotopic (exact) mass is 484 g/mol. The van der Waals surface area contributed by atoms with Crippen molar-refractivity contribution < 1.29 is 14.3 Å². The first-order valence-electron chi connectivity index (χ1n) is 12.5. The Hall–Kier alpha value is -3.84. The van der Waals surface area contributed by atoms with Gasteiger partial charge < -0.3 is 19.8 Å². The summed E-state index contributed by atoms with van der Waals surface area (Å²) in [6.07, 6.45) is 4.06. The third kappa shape index (κ3) is 5.69. The van der Waals surface area contributed by atoms with Crippen LogP contribution in [0, 0.1) is 0 Å². The van der Waals surface area contributed by atoms with Crippen LogP contribution in [0.2, 0.25) is 0 Å². The van der Waals surface area contributed by atoms with Gasteiger partial charge in [0.2, 0.25) is 5.91 Å².